The second-order valence-corrected chi connectivity index (χ2v) is 4.70. The van der Waals surface area contributed by atoms with Crippen LogP contribution in [-0.2, 0) is 4.79 Å². The fourth-order valence-electron chi connectivity index (χ4n) is 1.91. The lowest BCUT2D eigenvalue weighted by atomic mass is 10.1. The molecule has 1 aliphatic rings. The Labute approximate surface area is 111 Å². The number of hydrogen-bond donors (Lipinski definition) is 2. The van der Waals surface area contributed by atoms with Crippen LogP contribution in [-0.4, -0.2) is 47.5 Å². The number of aromatic nitrogens is 2. The molecule has 1 aliphatic heterocycles. The topological polar surface area (TPSA) is 70.2 Å². The summed E-state index contributed by atoms with van der Waals surface area (Å²) in [4.78, 5) is 21.4. The SMILES string of the molecule is CNc1ncc(Cl)c(NC2CCC(=O)N(C)C2)n1. The Kier molecular flexibility index (Phi) is 3.86. The molecule has 6 nitrogen and oxygen atoms in total. The van der Waals surface area contributed by atoms with Gasteiger partial charge in [-0.2, -0.15) is 4.98 Å². The van der Waals surface area contributed by atoms with Crippen molar-refractivity contribution >= 4 is 29.3 Å². The van der Waals surface area contributed by atoms with Gasteiger partial charge in [0.25, 0.3) is 0 Å². The van der Waals surface area contributed by atoms with E-state index >= 15 is 0 Å². The largest absolute Gasteiger partial charge is 0.364 e. The Balaban J connectivity index is 2.07. The van der Waals surface area contributed by atoms with E-state index in [2.05, 4.69) is 20.6 Å². The molecule has 0 aliphatic carbocycles. The number of piperidine rings is 1. The van der Waals surface area contributed by atoms with E-state index in [1.165, 1.54) is 0 Å². The van der Waals surface area contributed by atoms with Gasteiger partial charge in [-0.15, -0.1) is 0 Å². The number of halogens is 1. The monoisotopic (exact) mass is 269 g/mol. The average molecular weight is 270 g/mol. The zero-order valence-corrected chi connectivity index (χ0v) is 11.2. The van der Waals surface area contributed by atoms with Crippen molar-refractivity contribution in [1.29, 1.82) is 0 Å². The van der Waals surface area contributed by atoms with Crippen LogP contribution in [0, 0.1) is 0 Å². The maximum Gasteiger partial charge on any atom is 0.224 e. The van der Waals surface area contributed by atoms with Crippen molar-refractivity contribution in [2.24, 2.45) is 0 Å². The van der Waals surface area contributed by atoms with E-state index in [0.717, 1.165) is 6.42 Å². The number of carbonyl (C=O) groups is 1. The highest BCUT2D eigenvalue weighted by atomic mass is 35.5. The Hall–Kier alpha value is -1.56. The molecule has 0 spiro atoms. The van der Waals surface area contributed by atoms with Crippen molar-refractivity contribution in [3.63, 3.8) is 0 Å². The van der Waals surface area contributed by atoms with Crippen LogP contribution in [0.1, 0.15) is 12.8 Å². The second-order valence-electron chi connectivity index (χ2n) is 4.29. The molecule has 1 unspecified atom stereocenters. The minimum atomic E-state index is 0.171. The van der Waals surface area contributed by atoms with Gasteiger partial charge in [-0.3, -0.25) is 4.79 Å². The van der Waals surface area contributed by atoms with E-state index in [1.54, 1.807) is 25.2 Å². The quantitative estimate of drug-likeness (QED) is 0.863. The summed E-state index contributed by atoms with van der Waals surface area (Å²) in [6, 6.07) is 0.171. The molecule has 1 aromatic rings. The van der Waals surface area contributed by atoms with E-state index in [1.807, 2.05) is 0 Å². The number of carbonyl (C=O) groups excluding carboxylic acids is 1. The predicted octanol–water partition coefficient (Wildman–Crippen LogP) is 1.20. The van der Waals surface area contributed by atoms with Crippen LogP contribution in [0.15, 0.2) is 6.20 Å². The van der Waals surface area contributed by atoms with Crippen LogP contribution >= 0.6 is 11.6 Å². The summed E-state index contributed by atoms with van der Waals surface area (Å²) in [5.74, 6) is 1.30. The maximum absolute atomic E-state index is 11.4. The molecule has 1 aromatic heterocycles. The molecular weight excluding hydrogens is 254 g/mol. The van der Waals surface area contributed by atoms with Crippen LogP contribution in [0.5, 0.6) is 0 Å². The number of nitrogens with one attached hydrogen (secondary N) is 2. The Bertz CT molecular complexity index is 453. The average Bonchev–Trinajstić information content (AvgIpc) is 2.36. The normalized spacial score (nSPS) is 19.8. The maximum atomic E-state index is 11.4. The van der Waals surface area contributed by atoms with Crippen molar-refractivity contribution in [2.75, 3.05) is 31.3 Å². The summed E-state index contributed by atoms with van der Waals surface area (Å²) in [7, 11) is 3.55. The minimum Gasteiger partial charge on any atom is -0.364 e. The molecule has 98 valence electrons. The molecule has 2 N–H and O–H groups in total. The Morgan fingerprint density at radius 3 is 3.00 bits per heavy atom. The first-order chi connectivity index (χ1) is 8.60. The first-order valence-corrected chi connectivity index (χ1v) is 6.18. The second kappa shape index (κ2) is 5.39. The van der Waals surface area contributed by atoms with Gasteiger partial charge in [-0.1, -0.05) is 11.6 Å². The standard InChI is InChI=1S/C11H16ClN5O/c1-13-11-14-5-8(12)10(16-11)15-7-3-4-9(18)17(2)6-7/h5,7H,3-4,6H2,1-2H3,(H2,13,14,15,16). The van der Waals surface area contributed by atoms with Crippen LogP contribution < -0.4 is 10.6 Å². The first-order valence-electron chi connectivity index (χ1n) is 5.81. The van der Waals surface area contributed by atoms with Crippen LogP contribution in [0.25, 0.3) is 0 Å². The van der Waals surface area contributed by atoms with Gasteiger partial charge in [-0.25, -0.2) is 4.98 Å². The summed E-state index contributed by atoms with van der Waals surface area (Å²) >= 11 is 6.04. The highest BCUT2D eigenvalue weighted by Gasteiger charge is 2.23. The van der Waals surface area contributed by atoms with Gasteiger partial charge in [0, 0.05) is 33.1 Å². The van der Waals surface area contributed by atoms with Crippen LogP contribution in [0.2, 0.25) is 5.02 Å². The third kappa shape index (κ3) is 2.81. The van der Waals surface area contributed by atoms with Crippen molar-refractivity contribution < 1.29 is 4.79 Å². The number of amides is 1. The molecule has 0 bridgehead atoms. The fourth-order valence-corrected chi connectivity index (χ4v) is 2.06. The van der Waals surface area contributed by atoms with Gasteiger partial charge < -0.3 is 15.5 Å². The van der Waals surface area contributed by atoms with Crippen molar-refractivity contribution in [3.8, 4) is 0 Å². The Morgan fingerprint density at radius 2 is 2.33 bits per heavy atom. The molecule has 1 atom stereocenters. The summed E-state index contributed by atoms with van der Waals surface area (Å²) in [5, 5.41) is 6.60. The summed E-state index contributed by atoms with van der Waals surface area (Å²) in [6.45, 7) is 0.661. The van der Waals surface area contributed by atoms with E-state index < -0.39 is 0 Å². The van der Waals surface area contributed by atoms with Gasteiger partial charge in [0.05, 0.1) is 6.20 Å². The fraction of sp³-hybridized carbons (Fsp3) is 0.545. The summed E-state index contributed by atoms with van der Waals surface area (Å²) in [6.07, 6.45) is 2.90. The molecule has 1 amide bonds. The molecule has 1 fully saturated rings. The molecular formula is C11H16ClN5O. The van der Waals surface area contributed by atoms with Crippen molar-refractivity contribution in [3.05, 3.63) is 11.2 Å². The molecule has 7 heteroatoms. The highest BCUT2D eigenvalue weighted by molar-refractivity contribution is 6.32. The van der Waals surface area contributed by atoms with E-state index in [-0.39, 0.29) is 11.9 Å². The van der Waals surface area contributed by atoms with Crippen LogP contribution in [0.4, 0.5) is 11.8 Å². The van der Waals surface area contributed by atoms with Gasteiger partial charge in [0.1, 0.15) is 5.02 Å². The van der Waals surface area contributed by atoms with Crippen molar-refractivity contribution in [2.45, 2.75) is 18.9 Å². The zero-order chi connectivity index (χ0) is 13.1. The number of likely N-dealkylation sites (tertiary alicyclic amines) is 1. The molecule has 0 aromatic carbocycles. The number of nitrogens with zero attached hydrogens (tertiary/aromatic N) is 3. The third-order valence-electron chi connectivity index (χ3n) is 2.94. The van der Waals surface area contributed by atoms with Gasteiger partial charge in [-0.05, 0) is 6.42 Å². The van der Waals surface area contributed by atoms with E-state index in [0.29, 0.717) is 29.8 Å². The summed E-state index contributed by atoms with van der Waals surface area (Å²) in [5.41, 5.74) is 0. The van der Waals surface area contributed by atoms with Gasteiger partial charge in [0.2, 0.25) is 11.9 Å². The highest BCUT2D eigenvalue weighted by Crippen LogP contribution is 2.22. The third-order valence-corrected chi connectivity index (χ3v) is 3.21. The minimum absolute atomic E-state index is 0.171. The summed E-state index contributed by atoms with van der Waals surface area (Å²) < 4.78 is 0. The molecule has 0 radical (unpaired) electrons. The van der Waals surface area contributed by atoms with Crippen molar-refractivity contribution in [1.82, 2.24) is 14.9 Å². The molecule has 2 heterocycles. The van der Waals surface area contributed by atoms with E-state index in [9.17, 15) is 4.79 Å². The number of rotatable bonds is 3. The smallest absolute Gasteiger partial charge is 0.224 e. The zero-order valence-electron chi connectivity index (χ0n) is 10.4. The predicted molar refractivity (Wildman–Crippen MR) is 70.9 cm³/mol. The number of likely N-dealkylation sites (N-methyl/N-ethyl adjacent to an activating group) is 1. The lowest BCUT2D eigenvalue weighted by Crippen LogP contribution is -2.43. The lowest BCUT2D eigenvalue weighted by molar-refractivity contribution is -0.132. The number of hydrogen-bond acceptors (Lipinski definition) is 5. The Morgan fingerprint density at radius 1 is 1.56 bits per heavy atom. The van der Waals surface area contributed by atoms with E-state index in [4.69, 9.17) is 11.6 Å². The first kappa shape index (κ1) is 12.9. The van der Waals surface area contributed by atoms with Crippen LogP contribution in [0.3, 0.4) is 0 Å². The molecule has 1 saturated heterocycles. The molecule has 18 heavy (non-hydrogen) atoms. The molecule has 0 saturated carbocycles. The van der Waals surface area contributed by atoms with Gasteiger partial charge >= 0.3 is 0 Å². The van der Waals surface area contributed by atoms with Gasteiger partial charge in [0.15, 0.2) is 5.82 Å². The number of anilines is 2. The molecule has 2 rings (SSSR count). The lowest BCUT2D eigenvalue weighted by Gasteiger charge is -2.30.